The van der Waals surface area contributed by atoms with Crippen LogP contribution in [0.2, 0.25) is 0 Å². The van der Waals surface area contributed by atoms with E-state index in [1.165, 1.54) is 6.21 Å². The molecule has 0 aliphatic rings. The highest BCUT2D eigenvalue weighted by atomic mass is 32.2. The smallest absolute Gasteiger partial charge is 0.282 e. The minimum absolute atomic E-state index is 0.195. The first-order valence-electron chi connectivity index (χ1n) is 6.49. The van der Waals surface area contributed by atoms with Crippen molar-refractivity contribution in [3.8, 4) is 0 Å². The Morgan fingerprint density at radius 2 is 1.76 bits per heavy atom. The van der Waals surface area contributed by atoms with Gasteiger partial charge in [-0.15, -0.1) is 0 Å². The molecule has 0 saturated heterocycles. The van der Waals surface area contributed by atoms with E-state index < -0.39 is 10.0 Å². The molecule has 0 aliphatic heterocycles. The summed E-state index contributed by atoms with van der Waals surface area (Å²) >= 11 is 0. The maximum Gasteiger partial charge on any atom is 0.282 e. The van der Waals surface area contributed by atoms with Crippen molar-refractivity contribution in [3.05, 3.63) is 65.9 Å². The number of nitrogens with zero attached hydrogens (tertiary/aromatic N) is 1. The van der Waals surface area contributed by atoms with Crippen LogP contribution in [0.5, 0.6) is 0 Å². The summed E-state index contributed by atoms with van der Waals surface area (Å²) in [6, 6.07) is 16.2. The quantitative estimate of drug-likeness (QED) is 0.754. The van der Waals surface area contributed by atoms with Crippen LogP contribution < -0.4 is 0 Å². The number of aromatic nitrogens is 1. The highest BCUT2D eigenvalue weighted by Crippen LogP contribution is 2.15. The molecule has 21 heavy (non-hydrogen) atoms. The van der Waals surface area contributed by atoms with E-state index in [-0.39, 0.29) is 4.90 Å². The Labute approximate surface area is 123 Å². The fourth-order valence-electron chi connectivity index (χ4n) is 2.06. The van der Waals surface area contributed by atoms with Crippen molar-refractivity contribution in [2.75, 3.05) is 0 Å². The highest BCUT2D eigenvalue weighted by molar-refractivity contribution is 7.90. The number of fused-ring (bicyclic) bond motifs is 1. The SMILES string of the molecule is Cc1ccc(S(=O)(=O)N=Cc2cc3ccccc3[nH]2)cc1. The van der Waals surface area contributed by atoms with Crippen molar-refractivity contribution in [2.24, 2.45) is 4.40 Å². The molecule has 1 aromatic heterocycles. The predicted molar refractivity (Wildman–Crippen MR) is 84.3 cm³/mol. The van der Waals surface area contributed by atoms with E-state index in [0.29, 0.717) is 5.69 Å². The summed E-state index contributed by atoms with van der Waals surface area (Å²) in [4.78, 5) is 3.31. The third kappa shape index (κ3) is 2.87. The van der Waals surface area contributed by atoms with Crippen LogP contribution in [0, 0.1) is 6.92 Å². The number of hydrogen-bond acceptors (Lipinski definition) is 2. The van der Waals surface area contributed by atoms with Crippen molar-refractivity contribution < 1.29 is 8.42 Å². The van der Waals surface area contributed by atoms with Crippen LogP contribution in [0.3, 0.4) is 0 Å². The first-order chi connectivity index (χ1) is 10.0. The molecule has 0 atom stereocenters. The molecule has 1 heterocycles. The molecular weight excluding hydrogens is 284 g/mol. The van der Waals surface area contributed by atoms with Gasteiger partial charge in [-0.1, -0.05) is 35.9 Å². The van der Waals surface area contributed by atoms with Gasteiger partial charge in [0.2, 0.25) is 0 Å². The maximum atomic E-state index is 12.1. The monoisotopic (exact) mass is 298 g/mol. The number of rotatable bonds is 3. The van der Waals surface area contributed by atoms with E-state index in [1.807, 2.05) is 37.3 Å². The Morgan fingerprint density at radius 1 is 1.05 bits per heavy atom. The summed E-state index contributed by atoms with van der Waals surface area (Å²) < 4.78 is 28.0. The highest BCUT2D eigenvalue weighted by Gasteiger charge is 2.11. The van der Waals surface area contributed by atoms with E-state index in [4.69, 9.17) is 0 Å². The minimum Gasteiger partial charge on any atom is -0.354 e. The van der Waals surface area contributed by atoms with Crippen LogP contribution in [0.1, 0.15) is 11.3 Å². The molecule has 0 aliphatic carbocycles. The number of benzene rings is 2. The third-order valence-electron chi connectivity index (χ3n) is 3.20. The van der Waals surface area contributed by atoms with Crippen LogP contribution >= 0.6 is 0 Å². The van der Waals surface area contributed by atoms with E-state index in [0.717, 1.165) is 16.5 Å². The second-order valence-corrected chi connectivity index (χ2v) is 6.47. The van der Waals surface area contributed by atoms with Gasteiger partial charge in [-0.25, -0.2) is 0 Å². The number of hydrogen-bond donors (Lipinski definition) is 1. The van der Waals surface area contributed by atoms with Gasteiger partial charge >= 0.3 is 0 Å². The molecule has 0 bridgehead atoms. The van der Waals surface area contributed by atoms with Crippen LogP contribution in [0.4, 0.5) is 0 Å². The number of nitrogens with one attached hydrogen (secondary N) is 1. The van der Waals surface area contributed by atoms with Gasteiger partial charge in [-0.3, -0.25) is 0 Å². The minimum atomic E-state index is -3.66. The summed E-state index contributed by atoms with van der Waals surface area (Å²) in [5.41, 5.74) is 2.62. The Bertz CT molecular complexity index is 874. The lowest BCUT2D eigenvalue weighted by Crippen LogP contribution is -1.97. The zero-order valence-electron chi connectivity index (χ0n) is 11.4. The van der Waals surface area contributed by atoms with E-state index in [2.05, 4.69) is 9.38 Å². The lowest BCUT2D eigenvalue weighted by molar-refractivity contribution is 0.598. The molecule has 0 unspecified atom stereocenters. The Morgan fingerprint density at radius 3 is 2.48 bits per heavy atom. The summed E-state index contributed by atoms with van der Waals surface area (Å²) in [5, 5.41) is 1.02. The first-order valence-corrected chi connectivity index (χ1v) is 7.93. The fourth-order valence-corrected chi connectivity index (χ4v) is 2.92. The molecule has 2 aromatic carbocycles. The van der Waals surface area contributed by atoms with Gasteiger partial charge in [0.05, 0.1) is 16.8 Å². The number of aryl methyl sites for hydroxylation is 1. The number of sulfonamides is 1. The van der Waals surface area contributed by atoms with Crippen molar-refractivity contribution in [3.63, 3.8) is 0 Å². The molecule has 0 radical (unpaired) electrons. The van der Waals surface area contributed by atoms with Crippen molar-refractivity contribution in [1.82, 2.24) is 4.98 Å². The van der Waals surface area contributed by atoms with Gasteiger partial charge in [-0.05, 0) is 31.2 Å². The van der Waals surface area contributed by atoms with Gasteiger partial charge in [-0.2, -0.15) is 12.8 Å². The topological polar surface area (TPSA) is 62.3 Å². The number of aromatic amines is 1. The average molecular weight is 298 g/mol. The Kier molecular flexibility index (Phi) is 3.35. The van der Waals surface area contributed by atoms with Crippen LogP contribution in [0.15, 0.2) is 63.9 Å². The molecule has 0 amide bonds. The second-order valence-electron chi connectivity index (χ2n) is 4.83. The molecule has 0 spiro atoms. The van der Waals surface area contributed by atoms with Gasteiger partial charge < -0.3 is 4.98 Å². The Balaban J connectivity index is 1.92. The lowest BCUT2D eigenvalue weighted by atomic mass is 10.2. The molecule has 5 heteroatoms. The second kappa shape index (κ2) is 5.18. The van der Waals surface area contributed by atoms with Gasteiger partial charge in [0, 0.05) is 10.9 Å². The largest absolute Gasteiger partial charge is 0.354 e. The zero-order chi connectivity index (χ0) is 14.9. The number of H-pyrrole nitrogens is 1. The predicted octanol–water partition coefficient (Wildman–Crippen LogP) is 3.28. The van der Waals surface area contributed by atoms with E-state index in [1.54, 1.807) is 24.3 Å². The van der Waals surface area contributed by atoms with Gasteiger partial charge in [0.25, 0.3) is 10.0 Å². The number of para-hydroxylation sites is 1. The molecule has 3 aromatic rings. The molecule has 106 valence electrons. The lowest BCUT2D eigenvalue weighted by Gasteiger charge is -1.98. The normalized spacial score (nSPS) is 12.2. The van der Waals surface area contributed by atoms with Gasteiger partial charge in [0.15, 0.2) is 0 Å². The molecule has 0 fully saturated rings. The molecule has 4 nitrogen and oxygen atoms in total. The Hall–Kier alpha value is -2.40. The van der Waals surface area contributed by atoms with Crippen molar-refractivity contribution in [1.29, 1.82) is 0 Å². The maximum absolute atomic E-state index is 12.1. The van der Waals surface area contributed by atoms with Crippen molar-refractivity contribution >= 4 is 27.1 Å². The summed E-state index contributed by atoms with van der Waals surface area (Å²) in [5.74, 6) is 0. The van der Waals surface area contributed by atoms with E-state index in [9.17, 15) is 8.42 Å². The fraction of sp³-hybridized carbons (Fsp3) is 0.0625. The van der Waals surface area contributed by atoms with E-state index >= 15 is 0 Å². The molecular formula is C16H14N2O2S. The zero-order valence-corrected chi connectivity index (χ0v) is 12.3. The molecule has 0 saturated carbocycles. The summed E-state index contributed by atoms with van der Waals surface area (Å²) in [6.07, 6.45) is 1.34. The van der Waals surface area contributed by atoms with Crippen LogP contribution in [-0.2, 0) is 10.0 Å². The van der Waals surface area contributed by atoms with Crippen LogP contribution in [0.25, 0.3) is 10.9 Å². The first kappa shape index (κ1) is 13.6. The molecule has 1 N–H and O–H groups in total. The third-order valence-corrected chi connectivity index (χ3v) is 4.45. The molecule has 3 rings (SSSR count). The standard InChI is InChI=1S/C16H14N2O2S/c1-12-6-8-15(9-7-12)21(19,20)17-11-14-10-13-4-2-3-5-16(13)18-14/h2-11,18H,1H3. The summed E-state index contributed by atoms with van der Waals surface area (Å²) in [6.45, 7) is 1.91. The average Bonchev–Trinajstić information content (AvgIpc) is 2.89. The van der Waals surface area contributed by atoms with Gasteiger partial charge in [0.1, 0.15) is 0 Å². The van der Waals surface area contributed by atoms with Crippen LogP contribution in [-0.4, -0.2) is 19.6 Å². The summed E-state index contributed by atoms with van der Waals surface area (Å²) in [7, 11) is -3.66. The van der Waals surface area contributed by atoms with Crippen molar-refractivity contribution in [2.45, 2.75) is 11.8 Å².